The van der Waals surface area contributed by atoms with Gasteiger partial charge >= 0.3 is 6.03 Å². The van der Waals surface area contributed by atoms with E-state index in [0.29, 0.717) is 26.2 Å². The van der Waals surface area contributed by atoms with Gasteiger partial charge in [0, 0.05) is 46.8 Å². The highest BCUT2D eigenvalue weighted by Gasteiger charge is 2.32. The van der Waals surface area contributed by atoms with Crippen LogP contribution >= 0.6 is 0 Å². The van der Waals surface area contributed by atoms with Crippen LogP contribution in [0.25, 0.3) is 11.3 Å². The van der Waals surface area contributed by atoms with Crippen molar-refractivity contribution in [1.82, 2.24) is 24.3 Å². The number of carbonyl (C=O) groups excluding carboxylic acids is 2. The molecule has 3 amide bonds. The number of carbonyl (C=O) groups is 2. The van der Waals surface area contributed by atoms with Gasteiger partial charge in [-0.2, -0.15) is 5.10 Å². The van der Waals surface area contributed by atoms with E-state index in [9.17, 15) is 13.8 Å². The monoisotopic (exact) mass is 547 g/mol. The van der Waals surface area contributed by atoms with Crippen LogP contribution in [0.4, 0.5) is 4.79 Å². The van der Waals surface area contributed by atoms with Crippen molar-refractivity contribution in [2.45, 2.75) is 70.7 Å². The molecule has 1 fully saturated rings. The normalized spacial score (nSPS) is 16.0. The molecule has 1 N–H and O–H groups in total. The quantitative estimate of drug-likeness (QED) is 0.337. The van der Waals surface area contributed by atoms with Crippen LogP contribution in [0.1, 0.15) is 38.4 Å². The molecule has 37 heavy (non-hydrogen) atoms. The lowest BCUT2D eigenvalue weighted by molar-refractivity contribution is -0.135. The summed E-state index contributed by atoms with van der Waals surface area (Å²) in [5.74, 6) is -0.190. The Morgan fingerprint density at radius 2 is 1.89 bits per heavy atom. The fraction of sp³-hybridized carbons (Fsp3) is 0.577. The molecule has 0 radical (unpaired) electrons. The van der Waals surface area contributed by atoms with Gasteiger partial charge in [-0.25, -0.2) is 18.6 Å². The average Bonchev–Trinajstić information content (AvgIpc) is 3.18. The Labute approximate surface area is 224 Å². The molecule has 9 nitrogen and oxygen atoms in total. The lowest BCUT2D eigenvalue weighted by Crippen LogP contribution is -2.52. The summed E-state index contributed by atoms with van der Waals surface area (Å²) in [5, 5.41) is 4.64. The molecule has 1 atom stereocenters. The molecule has 1 aliphatic rings. The van der Waals surface area contributed by atoms with E-state index in [2.05, 4.69) is 29.5 Å². The topological polar surface area (TPSA) is 96.8 Å². The molecule has 0 saturated carbocycles. The molecular formula is C26H41N5O4SSi. The largest absolute Gasteiger partial charge is 0.361 e. The summed E-state index contributed by atoms with van der Waals surface area (Å²) in [6.45, 7) is 14.4. The fourth-order valence-corrected chi connectivity index (χ4v) is 5.23. The number of urea groups is 1. The third kappa shape index (κ3) is 8.32. The van der Waals surface area contributed by atoms with Crippen molar-refractivity contribution in [3.63, 3.8) is 0 Å². The maximum atomic E-state index is 13.0. The summed E-state index contributed by atoms with van der Waals surface area (Å²) >= 11 is 0. The summed E-state index contributed by atoms with van der Waals surface area (Å²) in [6.07, 6.45) is 0.287. The van der Waals surface area contributed by atoms with Gasteiger partial charge in [-0.05, 0) is 44.5 Å². The molecule has 3 rings (SSSR count). The molecule has 1 aromatic carbocycles. The van der Waals surface area contributed by atoms with Gasteiger partial charge in [0.1, 0.15) is 6.73 Å². The second kappa shape index (κ2) is 12.0. The molecule has 0 aliphatic carbocycles. The van der Waals surface area contributed by atoms with E-state index >= 15 is 0 Å². The van der Waals surface area contributed by atoms with E-state index in [1.165, 1.54) is 4.90 Å². The molecule has 0 bridgehead atoms. The Morgan fingerprint density at radius 3 is 2.57 bits per heavy atom. The summed E-state index contributed by atoms with van der Waals surface area (Å²) in [4.78, 5) is 28.3. The predicted molar refractivity (Wildman–Crippen MR) is 150 cm³/mol. The van der Waals surface area contributed by atoms with Gasteiger partial charge in [-0.3, -0.25) is 9.48 Å². The van der Waals surface area contributed by atoms with Crippen LogP contribution in [0.2, 0.25) is 25.7 Å². The maximum Gasteiger partial charge on any atom is 0.328 e. The zero-order valence-corrected chi connectivity index (χ0v) is 25.0. The molecule has 1 aliphatic heterocycles. The van der Waals surface area contributed by atoms with Crippen molar-refractivity contribution in [3.8, 4) is 11.3 Å². The van der Waals surface area contributed by atoms with Crippen molar-refractivity contribution >= 4 is 31.0 Å². The second-order valence-corrected chi connectivity index (χ2v) is 19.3. The maximum absolute atomic E-state index is 13.0. The summed E-state index contributed by atoms with van der Waals surface area (Å²) in [5.41, 5.74) is 3.62. The molecule has 1 unspecified atom stereocenters. The summed E-state index contributed by atoms with van der Waals surface area (Å²) < 4.78 is 22.6. The minimum Gasteiger partial charge on any atom is -0.361 e. The summed E-state index contributed by atoms with van der Waals surface area (Å²) in [7, 11) is -0.543. The van der Waals surface area contributed by atoms with Crippen LogP contribution in [0, 0.1) is 0 Å². The predicted octanol–water partition coefficient (Wildman–Crippen LogP) is 4.11. The molecule has 11 heteroatoms. The Bertz CT molecular complexity index is 1140. The van der Waals surface area contributed by atoms with Crippen molar-refractivity contribution in [2.75, 3.05) is 19.9 Å². The number of aryl methyl sites for hydroxylation is 1. The first-order chi connectivity index (χ1) is 17.2. The highest BCUT2D eigenvalue weighted by molar-refractivity contribution is 7.84. The molecule has 1 aromatic heterocycles. The molecule has 1 saturated heterocycles. The number of nitrogens with one attached hydrogen (secondary N) is 1. The Kier molecular flexibility index (Phi) is 9.49. The number of benzene rings is 1. The van der Waals surface area contributed by atoms with Gasteiger partial charge in [0.2, 0.25) is 5.91 Å². The van der Waals surface area contributed by atoms with E-state index < -0.39 is 19.1 Å². The molecule has 204 valence electrons. The minimum atomic E-state index is -1.24. The van der Waals surface area contributed by atoms with Crippen LogP contribution < -0.4 is 4.72 Å². The van der Waals surface area contributed by atoms with E-state index in [1.54, 1.807) is 9.58 Å². The first-order valence-corrected chi connectivity index (χ1v) is 17.5. The van der Waals surface area contributed by atoms with Crippen LogP contribution in [0.5, 0.6) is 0 Å². The molecular weight excluding hydrogens is 506 g/mol. The number of amides is 3. The van der Waals surface area contributed by atoms with Gasteiger partial charge in [0.05, 0.1) is 33.7 Å². The standard InChI is InChI=1S/C26H41N5O4SSi/c1-26(2,3)36(34)27-17-22-16-23(28-29(22)4)21-10-8-9-20(15-21)18-30-12-11-24(32)31(25(30)33)19-35-13-14-37(5,6)7/h8-10,15-16,27H,11-14,17-19H2,1-7H3. The number of rotatable bonds is 11. The van der Waals surface area contributed by atoms with Crippen molar-refractivity contribution < 1.29 is 18.5 Å². The lowest BCUT2D eigenvalue weighted by atomic mass is 10.1. The number of hydrogen-bond acceptors (Lipinski definition) is 5. The number of ether oxygens (including phenoxy) is 1. The van der Waals surface area contributed by atoms with Crippen molar-refractivity contribution in [2.24, 2.45) is 7.05 Å². The first-order valence-electron chi connectivity index (χ1n) is 12.7. The van der Waals surface area contributed by atoms with Gasteiger partial charge in [-0.15, -0.1) is 0 Å². The van der Waals surface area contributed by atoms with E-state index in [1.807, 2.05) is 58.2 Å². The lowest BCUT2D eigenvalue weighted by Gasteiger charge is -2.34. The minimum absolute atomic E-state index is 0.00341. The Hall–Kier alpha value is -2.34. The van der Waals surface area contributed by atoms with Crippen molar-refractivity contribution in [3.05, 3.63) is 41.6 Å². The zero-order chi connectivity index (χ0) is 27.4. The fourth-order valence-electron chi connectivity index (χ4n) is 3.76. The van der Waals surface area contributed by atoms with Crippen LogP contribution in [-0.4, -0.2) is 68.4 Å². The van der Waals surface area contributed by atoms with Gasteiger partial charge in [-0.1, -0.05) is 37.8 Å². The molecule has 2 aromatic rings. The highest BCUT2D eigenvalue weighted by Crippen LogP contribution is 2.23. The Morgan fingerprint density at radius 1 is 1.16 bits per heavy atom. The highest BCUT2D eigenvalue weighted by atomic mass is 32.2. The van der Waals surface area contributed by atoms with Crippen molar-refractivity contribution in [1.29, 1.82) is 0 Å². The first kappa shape index (κ1) is 29.2. The van der Waals surface area contributed by atoms with Crippen LogP contribution in [-0.2, 0) is 40.7 Å². The Balaban J connectivity index is 1.64. The number of imide groups is 1. The third-order valence-corrected chi connectivity index (χ3v) is 9.35. The van der Waals surface area contributed by atoms with E-state index in [4.69, 9.17) is 4.74 Å². The third-order valence-electron chi connectivity index (χ3n) is 6.13. The van der Waals surface area contributed by atoms with Gasteiger partial charge < -0.3 is 9.64 Å². The zero-order valence-electron chi connectivity index (χ0n) is 23.2. The van der Waals surface area contributed by atoms with Gasteiger partial charge in [0.25, 0.3) is 0 Å². The SMILES string of the molecule is Cn1nc(-c2cccc(CN3CCC(=O)N(COCC[Si](C)(C)C)C3=O)c2)cc1CNS(=O)C(C)(C)C. The van der Waals surface area contributed by atoms with E-state index in [0.717, 1.165) is 28.6 Å². The summed E-state index contributed by atoms with van der Waals surface area (Å²) in [6, 6.07) is 10.6. The molecule has 0 spiro atoms. The molecule has 2 heterocycles. The number of hydrogen-bond donors (Lipinski definition) is 1. The van der Waals surface area contributed by atoms with Crippen LogP contribution in [0.3, 0.4) is 0 Å². The number of aromatic nitrogens is 2. The number of nitrogens with zero attached hydrogens (tertiary/aromatic N) is 4. The second-order valence-electron chi connectivity index (χ2n) is 11.7. The van der Waals surface area contributed by atoms with Crippen LogP contribution in [0.15, 0.2) is 30.3 Å². The smallest absolute Gasteiger partial charge is 0.328 e. The average molecular weight is 548 g/mol. The van der Waals surface area contributed by atoms with E-state index in [-0.39, 0.29) is 29.8 Å². The van der Waals surface area contributed by atoms with Gasteiger partial charge in [0.15, 0.2) is 0 Å².